The maximum absolute atomic E-state index is 4.52. The summed E-state index contributed by atoms with van der Waals surface area (Å²) in [5.74, 6) is 1.12. The van der Waals surface area contributed by atoms with E-state index in [1.165, 1.54) is 5.56 Å². The molecule has 0 spiro atoms. The lowest BCUT2D eigenvalue weighted by Gasteiger charge is -2.35. The Morgan fingerprint density at radius 2 is 2.25 bits per heavy atom. The molecule has 1 unspecified atom stereocenters. The molecule has 1 aliphatic rings. The molecule has 3 rings (SSSR count). The van der Waals surface area contributed by atoms with Gasteiger partial charge in [0, 0.05) is 51.8 Å². The minimum absolute atomic E-state index is 0.310. The zero-order valence-electron chi connectivity index (χ0n) is 12.1. The normalized spacial score (nSPS) is 20.2. The van der Waals surface area contributed by atoms with E-state index >= 15 is 0 Å². The highest BCUT2D eigenvalue weighted by atomic mass is 15.3. The fraction of sp³-hybridized carbons (Fsp3) is 0.467. The Bertz CT molecular complexity index is 577. The monoisotopic (exact) mass is 271 g/mol. The van der Waals surface area contributed by atoms with Gasteiger partial charge >= 0.3 is 0 Å². The third-order valence-electron chi connectivity index (χ3n) is 3.98. The number of imidazole rings is 1. The first-order valence-electron chi connectivity index (χ1n) is 7.08. The van der Waals surface area contributed by atoms with E-state index in [0.717, 1.165) is 37.7 Å². The van der Waals surface area contributed by atoms with Crippen LogP contribution in [-0.2, 0) is 13.6 Å². The Balaban J connectivity index is 1.83. The summed E-state index contributed by atoms with van der Waals surface area (Å²) in [6, 6.07) is 4.43. The molecule has 1 N–H and O–H groups in total. The van der Waals surface area contributed by atoms with Crippen molar-refractivity contribution in [1.82, 2.24) is 24.8 Å². The van der Waals surface area contributed by atoms with Crippen molar-refractivity contribution >= 4 is 0 Å². The number of aromatic nitrogens is 3. The van der Waals surface area contributed by atoms with Crippen molar-refractivity contribution < 1.29 is 0 Å². The number of hydrogen-bond donors (Lipinski definition) is 1. The van der Waals surface area contributed by atoms with E-state index in [2.05, 4.69) is 44.8 Å². The molecule has 5 heteroatoms. The van der Waals surface area contributed by atoms with E-state index in [0.29, 0.717) is 6.04 Å². The molecule has 0 aromatic carbocycles. The molecule has 1 saturated heterocycles. The average molecular weight is 271 g/mol. The van der Waals surface area contributed by atoms with Crippen molar-refractivity contribution in [2.45, 2.75) is 19.5 Å². The molecule has 2 aromatic rings. The van der Waals surface area contributed by atoms with Gasteiger partial charge in [0.15, 0.2) is 0 Å². The molecule has 3 heterocycles. The Kier molecular flexibility index (Phi) is 3.80. The topological polar surface area (TPSA) is 46.0 Å². The van der Waals surface area contributed by atoms with Crippen LogP contribution in [0.15, 0.2) is 30.7 Å². The quantitative estimate of drug-likeness (QED) is 0.913. The Morgan fingerprint density at radius 3 is 3.00 bits per heavy atom. The first-order valence-corrected chi connectivity index (χ1v) is 7.08. The van der Waals surface area contributed by atoms with Crippen molar-refractivity contribution in [3.8, 4) is 0 Å². The van der Waals surface area contributed by atoms with Crippen LogP contribution in [0.2, 0.25) is 0 Å². The van der Waals surface area contributed by atoms with E-state index < -0.39 is 0 Å². The molecule has 0 amide bonds. The van der Waals surface area contributed by atoms with E-state index in [-0.39, 0.29) is 0 Å². The third-order valence-corrected chi connectivity index (χ3v) is 3.98. The second kappa shape index (κ2) is 5.73. The standard InChI is InChI=1S/C15H21N5/c1-12-4-3-5-17-13(12)11-20-9-6-16-10-14(20)15-18-7-8-19(15)2/h3-5,7-8,14,16H,6,9-11H2,1-2H3. The first kappa shape index (κ1) is 13.3. The molecule has 106 valence electrons. The van der Waals surface area contributed by atoms with E-state index in [9.17, 15) is 0 Å². The molecular weight excluding hydrogens is 250 g/mol. The molecule has 1 aliphatic heterocycles. The smallest absolute Gasteiger partial charge is 0.127 e. The summed E-state index contributed by atoms with van der Waals surface area (Å²) in [4.78, 5) is 11.5. The van der Waals surface area contributed by atoms with Crippen LogP contribution in [0.3, 0.4) is 0 Å². The largest absolute Gasteiger partial charge is 0.337 e. The van der Waals surface area contributed by atoms with Crippen LogP contribution in [-0.4, -0.2) is 39.1 Å². The van der Waals surface area contributed by atoms with Crippen molar-refractivity contribution in [3.63, 3.8) is 0 Å². The summed E-state index contributed by atoms with van der Waals surface area (Å²) in [5, 5.41) is 3.47. The minimum atomic E-state index is 0.310. The number of nitrogens with one attached hydrogen (secondary N) is 1. The summed E-state index contributed by atoms with van der Waals surface area (Å²) in [5.41, 5.74) is 2.42. The number of rotatable bonds is 3. The van der Waals surface area contributed by atoms with Gasteiger partial charge in [0.25, 0.3) is 0 Å². The average Bonchev–Trinajstić information content (AvgIpc) is 2.88. The van der Waals surface area contributed by atoms with Crippen molar-refractivity contribution in [3.05, 3.63) is 47.8 Å². The predicted octanol–water partition coefficient (Wildman–Crippen LogP) is 1.27. The van der Waals surface area contributed by atoms with Gasteiger partial charge in [-0.05, 0) is 18.6 Å². The van der Waals surface area contributed by atoms with Gasteiger partial charge in [-0.15, -0.1) is 0 Å². The molecule has 0 saturated carbocycles. The van der Waals surface area contributed by atoms with Crippen LogP contribution in [0.4, 0.5) is 0 Å². The van der Waals surface area contributed by atoms with Gasteiger partial charge in [-0.3, -0.25) is 9.88 Å². The first-order chi connectivity index (χ1) is 9.75. The summed E-state index contributed by atoms with van der Waals surface area (Å²) in [6.07, 6.45) is 5.75. The summed E-state index contributed by atoms with van der Waals surface area (Å²) >= 11 is 0. The van der Waals surface area contributed by atoms with Gasteiger partial charge in [-0.1, -0.05) is 6.07 Å². The molecule has 0 radical (unpaired) electrons. The number of pyridine rings is 1. The van der Waals surface area contributed by atoms with Gasteiger partial charge in [-0.2, -0.15) is 0 Å². The van der Waals surface area contributed by atoms with E-state index in [1.54, 1.807) is 0 Å². The summed E-state index contributed by atoms with van der Waals surface area (Å²) in [7, 11) is 2.06. The van der Waals surface area contributed by atoms with Gasteiger partial charge in [0.1, 0.15) is 5.82 Å². The Hall–Kier alpha value is -1.72. The van der Waals surface area contributed by atoms with Crippen LogP contribution in [0, 0.1) is 6.92 Å². The summed E-state index contributed by atoms with van der Waals surface area (Å²) < 4.78 is 2.11. The molecule has 2 aromatic heterocycles. The van der Waals surface area contributed by atoms with Crippen molar-refractivity contribution in [1.29, 1.82) is 0 Å². The van der Waals surface area contributed by atoms with Crippen LogP contribution in [0.25, 0.3) is 0 Å². The maximum atomic E-state index is 4.52. The number of piperazine rings is 1. The highest BCUT2D eigenvalue weighted by molar-refractivity contribution is 5.18. The van der Waals surface area contributed by atoms with Crippen molar-refractivity contribution in [2.75, 3.05) is 19.6 Å². The van der Waals surface area contributed by atoms with E-state index in [4.69, 9.17) is 0 Å². The molecule has 1 fully saturated rings. The van der Waals surface area contributed by atoms with Crippen LogP contribution < -0.4 is 5.32 Å². The third kappa shape index (κ3) is 2.59. The predicted molar refractivity (Wildman–Crippen MR) is 78.2 cm³/mol. The van der Waals surface area contributed by atoms with Gasteiger partial charge in [-0.25, -0.2) is 4.98 Å². The lowest BCUT2D eigenvalue weighted by atomic mass is 10.1. The SMILES string of the molecule is Cc1cccnc1CN1CCNCC1c1nccn1C. The number of nitrogens with zero attached hydrogens (tertiary/aromatic N) is 4. The van der Waals surface area contributed by atoms with Crippen LogP contribution >= 0.6 is 0 Å². The van der Waals surface area contributed by atoms with Gasteiger partial charge < -0.3 is 9.88 Å². The number of hydrogen-bond acceptors (Lipinski definition) is 4. The number of aryl methyl sites for hydroxylation is 2. The van der Waals surface area contributed by atoms with Crippen LogP contribution in [0.1, 0.15) is 23.1 Å². The lowest BCUT2D eigenvalue weighted by Crippen LogP contribution is -2.46. The lowest BCUT2D eigenvalue weighted by molar-refractivity contribution is 0.142. The molecule has 0 bridgehead atoms. The molecule has 1 atom stereocenters. The molecule has 0 aliphatic carbocycles. The van der Waals surface area contributed by atoms with Gasteiger partial charge in [0.2, 0.25) is 0 Å². The zero-order valence-corrected chi connectivity index (χ0v) is 12.1. The Labute approximate surface area is 119 Å². The molecule has 20 heavy (non-hydrogen) atoms. The minimum Gasteiger partial charge on any atom is -0.337 e. The molecular formula is C15H21N5. The molecule has 5 nitrogen and oxygen atoms in total. The maximum Gasteiger partial charge on any atom is 0.127 e. The fourth-order valence-corrected chi connectivity index (χ4v) is 2.76. The highest BCUT2D eigenvalue weighted by Gasteiger charge is 2.27. The van der Waals surface area contributed by atoms with Crippen LogP contribution in [0.5, 0.6) is 0 Å². The summed E-state index contributed by atoms with van der Waals surface area (Å²) in [6.45, 7) is 5.99. The Morgan fingerprint density at radius 1 is 1.35 bits per heavy atom. The van der Waals surface area contributed by atoms with Crippen molar-refractivity contribution in [2.24, 2.45) is 7.05 Å². The second-order valence-electron chi connectivity index (χ2n) is 5.35. The second-order valence-corrected chi connectivity index (χ2v) is 5.35. The van der Waals surface area contributed by atoms with E-state index in [1.807, 2.05) is 24.7 Å². The van der Waals surface area contributed by atoms with Gasteiger partial charge in [0.05, 0.1) is 11.7 Å². The fourth-order valence-electron chi connectivity index (χ4n) is 2.76. The highest BCUT2D eigenvalue weighted by Crippen LogP contribution is 2.22. The zero-order chi connectivity index (χ0) is 13.9.